The first-order valence-electron chi connectivity index (χ1n) is 6.24. The molecule has 0 bridgehead atoms. The summed E-state index contributed by atoms with van der Waals surface area (Å²) in [6.45, 7) is 11.1. The maximum Gasteiger partial charge on any atom is 0.407 e. The molecule has 0 heterocycles. The Morgan fingerprint density at radius 3 is 1.94 bits per heavy atom. The maximum atomic E-state index is 11.2. The predicted molar refractivity (Wildman–Crippen MR) is 69.4 cm³/mol. The minimum absolute atomic E-state index is 0.162. The second-order valence-electron chi connectivity index (χ2n) is 3.87. The molecule has 0 fully saturated rings. The van der Waals surface area contributed by atoms with Crippen molar-refractivity contribution in [2.24, 2.45) is 0 Å². The zero-order valence-electron chi connectivity index (χ0n) is 11.5. The van der Waals surface area contributed by atoms with Crippen molar-refractivity contribution >= 4 is 14.7 Å². The molecule has 0 aromatic carbocycles. The first-order valence-corrected chi connectivity index (χ1v) is 8.63. The van der Waals surface area contributed by atoms with E-state index in [0.717, 1.165) is 0 Å². The zero-order chi connectivity index (χ0) is 13.5. The number of nitrogens with zero attached hydrogens (tertiary/aromatic N) is 1. The van der Waals surface area contributed by atoms with Gasteiger partial charge in [-0.1, -0.05) is 6.92 Å². The van der Waals surface area contributed by atoms with Crippen LogP contribution < -0.4 is 0 Å². The monoisotopic (exact) mass is 263 g/mol. The van der Waals surface area contributed by atoms with Crippen molar-refractivity contribution in [1.82, 2.24) is 4.90 Å². The van der Waals surface area contributed by atoms with Gasteiger partial charge in [-0.3, -0.25) is 0 Å². The predicted octanol–water partition coefficient (Wildman–Crippen LogP) is 2.45. The molecule has 1 unspecified atom stereocenters. The average molecular weight is 263 g/mol. The van der Waals surface area contributed by atoms with Crippen LogP contribution in [0.15, 0.2) is 0 Å². The van der Waals surface area contributed by atoms with E-state index in [2.05, 4.69) is 0 Å². The number of carboxylic acid groups (broad SMARTS) is 1. The largest absolute Gasteiger partial charge is 0.465 e. The molecule has 0 rings (SSSR count). The summed E-state index contributed by atoms with van der Waals surface area (Å²) in [6.07, 6.45) is -0.194. The van der Waals surface area contributed by atoms with Crippen LogP contribution in [0.1, 0.15) is 34.1 Å². The van der Waals surface area contributed by atoms with Gasteiger partial charge in [0, 0.05) is 19.8 Å². The molecule has 0 aromatic heterocycles. The van der Waals surface area contributed by atoms with Crippen LogP contribution in [0.25, 0.3) is 0 Å². The Morgan fingerprint density at radius 1 is 1.24 bits per heavy atom. The Labute approximate surface area is 105 Å². The third-order valence-electron chi connectivity index (χ3n) is 2.82. The number of hydrogen-bond donors (Lipinski definition) is 1. The Balaban J connectivity index is 5.05. The van der Waals surface area contributed by atoms with Gasteiger partial charge in [0.2, 0.25) is 0 Å². The van der Waals surface area contributed by atoms with Crippen LogP contribution in [0.3, 0.4) is 0 Å². The van der Waals surface area contributed by atoms with E-state index in [9.17, 15) is 9.90 Å². The fourth-order valence-corrected chi connectivity index (χ4v) is 5.39. The Bertz CT molecular complexity index is 232. The quantitative estimate of drug-likeness (QED) is 0.683. The van der Waals surface area contributed by atoms with Crippen molar-refractivity contribution in [3.05, 3.63) is 0 Å². The zero-order valence-corrected chi connectivity index (χ0v) is 12.5. The number of amides is 1. The van der Waals surface area contributed by atoms with E-state index < -0.39 is 14.7 Å². The minimum Gasteiger partial charge on any atom is -0.465 e. The molecule has 1 N–H and O–H groups in total. The standard InChI is InChI=1S/C11H25NO4Si/c1-6-10(12(7-2)11(13)14)17(5,15-8-3)16-9-4/h10H,6-9H2,1-5H3,(H,13,14). The fraction of sp³-hybridized carbons (Fsp3) is 0.909. The van der Waals surface area contributed by atoms with Crippen molar-refractivity contribution in [1.29, 1.82) is 0 Å². The molecule has 102 valence electrons. The summed E-state index contributed by atoms with van der Waals surface area (Å²) in [5, 5.41) is 9.21. The van der Waals surface area contributed by atoms with Crippen LogP contribution >= 0.6 is 0 Å². The van der Waals surface area contributed by atoms with Crippen molar-refractivity contribution < 1.29 is 18.8 Å². The number of carbonyl (C=O) groups is 1. The van der Waals surface area contributed by atoms with Crippen molar-refractivity contribution in [2.45, 2.75) is 46.3 Å². The van der Waals surface area contributed by atoms with E-state index >= 15 is 0 Å². The number of hydrogen-bond acceptors (Lipinski definition) is 3. The lowest BCUT2D eigenvalue weighted by atomic mass is 10.4. The van der Waals surface area contributed by atoms with Crippen LogP contribution in [-0.2, 0) is 8.85 Å². The Kier molecular flexibility index (Phi) is 7.41. The number of rotatable bonds is 8. The summed E-state index contributed by atoms with van der Waals surface area (Å²) in [5.41, 5.74) is -0.162. The van der Waals surface area contributed by atoms with Gasteiger partial charge in [0.1, 0.15) is 0 Å². The van der Waals surface area contributed by atoms with Crippen molar-refractivity contribution in [3.63, 3.8) is 0 Å². The summed E-state index contributed by atoms with van der Waals surface area (Å²) in [6, 6.07) is 0. The summed E-state index contributed by atoms with van der Waals surface area (Å²) >= 11 is 0. The third kappa shape index (κ3) is 4.29. The van der Waals surface area contributed by atoms with Gasteiger partial charge in [-0.05, 0) is 33.7 Å². The summed E-state index contributed by atoms with van der Waals surface area (Å²) in [5.74, 6) is 0. The van der Waals surface area contributed by atoms with E-state index in [1.807, 2.05) is 34.2 Å². The highest BCUT2D eigenvalue weighted by Crippen LogP contribution is 2.21. The van der Waals surface area contributed by atoms with E-state index in [1.54, 1.807) is 0 Å². The van der Waals surface area contributed by atoms with Crippen LogP contribution in [0.5, 0.6) is 0 Å². The summed E-state index contributed by atoms with van der Waals surface area (Å²) in [4.78, 5) is 12.7. The van der Waals surface area contributed by atoms with Gasteiger partial charge in [0.05, 0.1) is 5.67 Å². The van der Waals surface area contributed by atoms with E-state index in [4.69, 9.17) is 8.85 Å². The van der Waals surface area contributed by atoms with Crippen molar-refractivity contribution in [2.75, 3.05) is 19.8 Å². The highest BCUT2D eigenvalue weighted by molar-refractivity contribution is 6.67. The van der Waals surface area contributed by atoms with Crippen molar-refractivity contribution in [3.8, 4) is 0 Å². The molecule has 0 aromatic rings. The topological polar surface area (TPSA) is 59.0 Å². The highest BCUT2D eigenvalue weighted by atomic mass is 28.4. The minimum atomic E-state index is -2.48. The Morgan fingerprint density at radius 2 is 1.71 bits per heavy atom. The molecule has 0 aliphatic rings. The smallest absolute Gasteiger partial charge is 0.407 e. The lowest BCUT2D eigenvalue weighted by Gasteiger charge is -2.38. The molecule has 0 saturated heterocycles. The van der Waals surface area contributed by atoms with Gasteiger partial charge in [0.25, 0.3) is 0 Å². The third-order valence-corrected chi connectivity index (χ3v) is 6.47. The van der Waals surface area contributed by atoms with Gasteiger partial charge >= 0.3 is 14.7 Å². The maximum absolute atomic E-state index is 11.2. The molecule has 0 aliphatic carbocycles. The van der Waals surface area contributed by atoms with E-state index in [-0.39, 0.29) is 5.67 Å². The lowest BCUT2D eigenvalue weighted by molar-refractivity contribution is 0.109. The molecule has 6 heteroatoms. The van der Waals surface area contributed by atoms with E-state index in [0.29, 0.717) is 26.2 Å². The molecule has 0 radical (unpaired) electrons. The molecule has 0 saturated carbocycles. The van der Waals surface area contributed by atoms with E-state index in [1.165, 1.54) is 4.90 Å². The van der Waals surface area contributed by atoms with Crippen LogP contribution in [0, 0.1) is 0 Å². The second-order valence-corrected chi connectivity index (χ2v) is 7.15. The van der Waals surface area contributed by atoms with Gasteiger partial charge in [-0.15, -0.1) is 0 Å². The molecule has 1 atom stereocenters. The van der Waals surface area contributed by atoms with Gasteiger partial charge < -0.3 is 18.9 Å². The fourth-order valence-electron chi connectivity index (χ4n) is 2.17. The summed E-state index contributed by atoms with van der Waals surface area (Å²) in [7, 11) is -2.48. The molecule has 0 spiro atoms. The molecule has 0 aliphatic heterocycles. The van der Waals surface area contributed by atoms with Gasteiger partial charge in [0.15, 0.2) is 0 Å². The highest BCUT2D eigenvalue weighted by Gasteiger charge is 2.44. The van der Waals surface area contributed by atoms with Crippen LogP contribution in [0.2, 0.25) is 6.55 Å². The Hall–Kier alpha value is -0.593. The SMILES string of the molecule is CCO[Si](C)(OCC)C(CC)N(CC)C(=O)O. The first kappa shape index (κ1) is 16.4. The normalized spacial score (nSPS) is 13.5. The molecule has 17 heavy (non-hydrogen) atoms. The van der Waals surface area contributed by atoms with Gasteiger partial charge in [-0.25, -0.2) is 4.79 Å². The molecule has 1 amide bonds. The second kappa shape index (κ2) is 7.68. The molecule has 5 nitrogen and oxygen atoms in total. The van der Waals surface area contributed by atoms with Gasteiger partial charge in [-0.2, -0.15) is 0 Å². The molecular weight excluding hydrogens is 238 g/mol. The molecular formula is C11H25NO4Si. The van der Waals surface area contributed by atoms with Crippen LogP contribution in [-0.4, -0.2) is 50.1 Å². The first-order chi connectivity index (χ1) is 7.96. The van der Waals surface area contributed by atoms with Crippen LogP contribution in [0.4, 0.5) is 4.79 Å². The summed E-state index contributed by atoms with van der Waals surface area (Å²) < 4.78 is 11.5. The lowest BCUT2D eigenvalue weighted by Crippen LogP contribution is -2.60. The average Bonchev–Trinajstić information content (AvgIpc) is 2.25.